The first-order valence-electron chi connectivity index (χ1n) is 28.6. The van der Waals surface area contributed by atoms with Gasteiger partial charge in [0, 0.05) is 12.8 Å². The van der Waals surface area contributed by atoms with Crippen LogP contribution in [0.4, 0.5) is 0 Å². The molecular formula is C62H106NO8P. The second-order valence-corrected chi connectivity index (χ2v) is 21.3. The molecule has 0 aliphatic heterocycles. The standard InChI is InChI=1S/C62H106NO8P/c1-6-8-10-12-14-16-18-20-22-24-26-27-28-29-30-31-32-33-34-35-37-39-41-43-45-47-49-51-53-55-62(65)71-60(59-70-72(66,67)69-57-56-63(3,4)5)58-68-61(64)54-52-50-48-46-44-42-40-38-36-25-23-21-19-17-15-13-11-9-7-2/h8,10,14,16,20,22,26-27,29-30,32-33,35,37,41,43,47,49,60H,6-7,9,11-13,15,17-19,21,23-25,28,31,34,36,38-40,42,44-46,48,50-59H2,1-5H3/b10-8-,16-14-,22-20-,27-26-,30-29-,33-32-,37-35-,43-41-,49-47-. The van der Waals surface area contributed by atoms with Gasteiger partial charge in [-0.3, -0.25) is 14.2 Å². The number of carbonyl (C=O) groups excluding carboxylic acids is 2. The molecule has 10 heteroatoms. The van der Waals surface area contributed by atoms with Gasteiger partial charge in [0.2, 0.25) is 0 Å². The highest BCUT2D eigenvalue weighted by molar-refractivity contribution is 7.45. The molecule has 0 saturated carbocycles. The van der Waals surface area contributed by atoms with Gasteiger partial charge in [-0.2, -0.15) is 0 Å². The average Bonchev–Trinajstić information content (AvgIpc) is 3.34. The quantitative estimate of drug-likeness (QED) is 0.0195. The van der Waals surface area contributed by atoms with Gasteiger partial charge in [0.15, 0.2) is 6.10 Å². The lowest BCUT2D eigenvalue weighted by Gasteiger charge is -2.28. The number of phosphoric ester groups is 1. The average molecular weight is 1020 g/mol. The zero-order valence-electron chi connectivity index (χ0n) is 46.6. The van der Waals surface area contributed by atoms with E-state index in [1.165, 1.54) is 103 Å². The van der Waals surface area contributed by atoms with Gasteiger partial charge < -0.3 is 27.9 Å². The summed E-state index contributed by atoms with van der Waals surface area (Å²) in [4.78, 5) is 37.8. The third kappa shape index (κ3) is 56.0. The summed E-state index contributed by atoms with van der Waals surface area (Å²) < 4.78 is 34.1. The van der Waals surface area contributed by atoms with Crippen LogP contribution in [-0.2, 0) is 32.7 Å². The monoisotopic (exact) mass is 1020 g/mol. The van der Waals surface area contributed by atoms with Crippen molar-refractivity contribution in [3.8, 4) is 0 Å². The molecule has 0 bridgehead atoms. The van der Waals surface area contributed by atoms with Crippen LogP contribution in [0, 0.1) is 0 Å². The highest BCUT2D eigenvalue weighted by Gasteiger charge is 2.21. The molecule has 0 fully saturated rings. The van der Waals surface area contributed by atoms with Gasteiger partial charge in [-0.15, -0.1) is 0 Å². The van der Waals surface area contributed by atoms with Crippen LogP contribution in [0.5, 0.6) is 0 Å². The summed E-state index contributed by atoms with van der Waals surface area (Å²) >= 11 is 0. The van der Waals surface area contributed by atoms with E-state index in [1.54, 1.807) is 0 Å². The van der Waals surface area contributed by atoms with Gasteiger partial charge in [-0.05, 0) is 77.0 Å². The van der Waals surface area contributed by atoms with Gasteiger partial charge in [0.1, 0.15) is 19.8 Å². The third-order valence-corrected chi connectivity index (χ3v) is 12.8. The van der Waals surface area contributed by atoms with Crippen molar-refractivity contribution in [2.45, 2.75) is 225 Å². The van der Waals surface area contributed by atoms with E-state index in [0.717, 1.165) is 77.0 Å². The molecule has 0 N–H and O–H groups in total. The van der Waals surface area contributed by atoms with E-state index < -0.39 is 32.5 Å². The normalized spacial score (nSPS) is 14.1. The molecule has 9 nitrogen and oxygen atoms in total. The molecule has 2 atom stereocenters. The van der Waals surface area contributed by atoms with E-state index in [-0.39, 0.29) is 26.1 Å². The van der Waals surface area contributed by atoms with Crippen LogP contribution >= 0.6 is 7.82 Å². The first kappa shape index (κ1) is 68.7. The molecule has 72 heavy (non-hydrogen) atoms. The van der Waals surface area contributed by atoms with E-state index in [4.69, 9.17) is 18.5 Å². The molecule has 0 aromatic carbocycles. The van der Waals surface area contributed by atoms with Crippen LogP contribution in [0.1, 0.15) is 219 Å². The fourth-order valence-corrected chi connectivity index (χ4v) is 8.15. The van der Waals surface area contributed by atoms with Crippen LogP contribution < -0.4 is 4.89 Å². The second kappa shape index (κ2) is 52.5. The SMILES string of the molecule is CC/C=C\C/C=C\C/C=C\C/C=C\C/C=C\C/C=C\C/C=C\C/C=C\C/C=C\CCCC(=O)OC(COC(=O)CCCCCCCCCCCCCCCCCCCCC)COP(=O)([O-])OCC[N+](C)(C)C. The number of quaternary nitrogens is 1. The summed E-state index contributed by atoms with van der Waals surface area (Å²) in [5, 5.41) is 0. The van der Waals surface area contributed by atoms with Crippen LogP contribution in [0.15, 0.2) is 109 Å². The summed E-state index contributed by atoms with van der Waals surface area (Å²) in [5.41, 5.74) is 0. The lowest BCUT2D eigenvalue weighted by Crippen LogP contribution is -2.37. The Hall–Kier alpha value is -3.33. The predicted octanol–water partition coefficient (Wildman–Crippen LogP) is 17.2. The van der Waals surface area contributed by atoms with Crippen molar-refractivity contribution in [3.05, 3.63) is 109 Å². The highest BCUT2D eigenvalue weighted by atomic mass is 31.2. The van der Waals surface area contributed by atoms with Crippen molar-refractivity contribution in [2.75, 3.05) is 47.5 Å². The van der Waals surface area contributed by atoms with Crippen LogP contribution in [0.3, 0.4) is 0 Å². The van der Waals surface area contributed by atoms with Gasteiger partial charge in [0.25, 0.3) is 7.82 Å². The topological polar surface area (TPSA) is 111 Å². The number of ether oxygens (including phenoxy) is 2. The van der Waals surface area contributed by atoms with Crippen LogP contribution in [0.2, 0.25) is 0 Å². The fourth-order valence-electron chi connectivity index (χ4n) is 7.42. The van der Waals surface area contributed by atoms with Gasteiger partial charge in [-0.1, -0.05) is 239 Å². The second-order valence-electron chi connectivity index (χ2n) is 19.9. The molecule has 0 radical (unpaired) electrons. The van der Waals surface area contributed by atoms with Crippen molar-refractivity contribution in [2.24, 2.45) is 0 Å². The molecule has 0 spiro atoms. The number of esters is 2. The lowest BCUT2D eigenvalue weighted by atomic mass is 10.0. The summed E-state index contributed by atoms with van der Waals surface area (Å²) in [6.07, 6.45) is 72.8. The molecule has 0 aromatic rings. The molecule has 0 rings (SSSR count). The Kier molecular flexibility index (Phi) is 50.1. The zero-order chi connectivity index (χ0) is 52.7. The van der Waals surface area contributed by atoms with E-state index in [9.17, 15) is 19.0 Å². The molecule has 412 valence electrons. The molecule has 2 unspecified atom stereocenters. The number of unbranched alkanes of at least 4 members (excludes halogenated alkanes) is 19. The zero-order valence-corrected chi connectivity index (χ0v) is 47.5. The van der Waals surface area contributed by atoms with Crippen molar-refractivity contribution in [1.82, 2.24) is 0 Å². The fraction of sp³-hybridized carbons (Fsp3) is 0.677. The van der Waals surface area contributed by atoms with Gasteiger partial charge in [0.05, 0.1) is 27.7 Å². The smallest absolute Gasteiger partial charge is 0.306 e. The molecule has 0 aliphatic carbocycles. The van der Waals surface area contributed by atoms with E-state index in [1.807, 2.05) is 27.2 Å². The maximum Gasteiger partial charge on any atom is 0.306 e. The number of hydrogen-bond acceptors (Lipinski definition) is 8. The summed E-state index contributed by atoms with van der Waals surface area (Å²) in [7, 11) is 1.12. The van der Waals surface area contributed by atoms with Gasteiger partial charge in [-0.25, -0.2) is 0 Å². The summed E-state index contributed by atoms with van der Waals surface area (Å²) in [6, 6.07) is 0. The highest BCUT2D eigenvalue weighted by Crippen LogP contribution is 2.38. The minimum atomic E-state index is -4.66. The van der Waals surface area contributed by atoms with Crippen molar-refractivity contribution < 1.29 is 42.1 Å². The molecule has 0 saturated heterocycles. The third-order valence-electron chi connectivity index (χ3n) is 11.8. The van der Waals surface area contributed by atoms with Gasteiger partial charge >= 0.3 is 11.9 Å². The number of hydrogen-bond donors (Lipinski definition) is 0. The minimum absolute atomic E-state index is 0.0464. The number of rotatable bonds is 51. The molecule has 0 amide bonds. The van der Waals surface area contributed by atoms with Crippen molar-refractivity contribution >= 4 is 19.8 Å². The Morgan fingerprint density at radius 1 is 0.444 bits per heavy atom. The Morgan fingerprint density at radius 3 is 1.17 bits per heavy atom. The number of allylic oxidation sites excluding steroid dienone is 18. The number of phosphoric acid groups is 1. The molecule has 0 aromatic heterocycles. The van der Waals surface area contributed by atoms with Crippen molar-refractivity contribution in [3.63, 3.8) is 0 Å². The first-order valence-corrected chi connectivity index (χ1v) is 30.1. The number of likely N-dealkylation sites (N-methyl/N-ethyl adjacent to an activating group) is 1. The maximum absolute atomic E-state index is 12.8. The summed E-state index contributed by atoms with van der Waals surface area (Å²) in [5.74, 6) is -0.905. The number of carbonyl (C=O) groups is 2. The minimum Gasteiger partial charge on any atom is -0.756 e. The Bertz CT molecular complexity index is 1580. The Balaban J connectivity index is 4.32. The molecule has 0 aliphatic rings. The lowest BCUT2D eigenvalue weighted by molar-refractivity contribution is -0.870. The first-order chi connectivity index (χ1) is 35.0. The van der Waals surface area contributed by atoms with E-state index >= 15 is 0 Å². The Labute approximate surface area is 442 Å². The van der Waals surface area contributed by atoms with E-state index in [0.29, 0.717) is 23.9 Å². The van der Waals surface area contributed by atoms with Crippen LogP contribution in [-0.4, -0.2) is 70.0 Å². The van der Waals surface area contributed by atoms with Crippen LogP contribution in [0.25, 0.3) is 0 Å². The van der Waals surface area contributed by atoms with Crippen molar-refractivity contribution in [1.29, 1.82) is 0 Å². The molecule has 0 heterocycles. The van der Waals surface area contributed by atoms with E-state index in [2.05, 4.69) is 117 Å². The Morgan fingerprint density at radius 2 is 0.792 bits per heavy atom. The largest absolute Gasteiger partial charge is 0.756 e. The number of nitrogens with zero attached hydrogens (tertiary/aromatic N) is 1. The summed E-state index contributed by atoms with van der Waals surface area (Å²) in [6.45, 7) is 4.06. The predicted molar refractivity (Wildman–Crippen MR) is 305 cm³/mol. The maximum atomic E-state index is 12.8. The molecular weight excluding hydrogens is 918 g/mol.